The number of sulfone groups is 1. The minimum atomic E-state index is -3.36. The van der Waals surface area contributed by atoms with Crippen molar-refractivity contribution in [3.05, 3.63) is 48.0 Å². The van der Waals surface area contributed by atoms with Crippen molar-refractivity contribution in [2.75, 3.05) is 18.4 Å². The van der Waals surface area contributed by atoms with Crippen LogP contribution in [0.3, 0.4) is 0 Å². The molecule has 0 spiro atoms. The summed E-state index contributed by atoms with van der Waals surface area (Å²) in [6.07, 6.45) is 0.0144. The van der Waals surface area contributed by atoms with Gasteiger partial charge in [0.2, 0.25) is 6.79 Å². The molecule has 3 rings (SSSR count). The number of benzene rings is 2. The summed E-state index contributed by atoms with van der Waals surface area (Å²) in [7, 11) is -3.36. The maximum Gasteiger partial charge on any atom is 0.338 e. The largest absolute Gasteiger partial charge is 0.454 e. The van der Waals surface area contributed by atoms with E-state index in [1.54, 1.807) is 18.2 Å². The Labute approximate surface area is 156 Å². The molecule has 0 unspecified atom stereocenters. The van der Waals surface area contributed by atoms with E-state index in [4.69, 9.17) is 14.2 Å². The fraction of sp³-hybridized carbons (Fsp3) is 0.222. The zero-order chi connectivity index (χ0) is 19.6. The molecule has 1 aliphatic heterocycles. The van der Waals surface area contributed by atoms with Crippen LogP contribution in [0.4, 0.5) is 5.69 Å². The van der Waals surface area contributed by atoms with Crippen LogP contribution in [0.5, 0.6) is 11.5 Å². The Morgan fingerprint density at radius 1 is 1.07 bits per heavy atom. The summed E-state index contributed by atoms with van der Waals surface area (Å²) >= 11 is 0. The van der Waals surface area contributed by atoms with Gasteiger partial charge < -0.3 is 19.5 Å². The van der Waals surface area contributed by atoms with Gasteiger partial charge in [-0.15, -0.1) is 0 Å². The van der Waals surface area contributed by atoms with E-state index in [1.165, 1.54) is 31.2 Å². The molecule has 1 atom stereocenters. The maximum atomic E-state index is 12.2. The number of fused-ring (bicyclic) bond motifs is 1. The van der Waals surface area contributed by atoms with E-state index in [0.29, 0.717) is 17.2 Å². The number of anilines is 1. The number of amides is 1. The van der Waals surface area contributed by atoms with Gasteiger partial charge in [0.25, 0.3) is 5.91 Å². The van der Waals surface area contributed by atoms with Gasteiger partial charge in [-0.3, -0.25) is 4.79 Å². The van der Waals surface area contributed by atoms with Gasteiger partial charge >= 0.3 is 5.97 Å². The number of rotatable bonds is 5. The van der Waals surface area contributed by atoms with Crippen molar-refractivity contribution in [3.63, 3.8) is 0 Å². The number of carbonyl (C=O) groups is 2. The van der Waals surface area contributed by atoms with Gasteiger partial charge in [0.15, 0.2) is 27.4 Å². The van der Waals surface area contributed by atoms with Crippen LogP contribution in [0.25, 0.3) is 0 Å². The number of nitrogens with one attached hydrogen (secondary N) is 1. The second-order valence-electron chi connectivity index (χ2n) is 5.90. The zero-order valence-electron chi connectivity index (χ0n) is 14.6. The number of hydrogen-bond acceptors (Lipinski definition) is 7. The highest BCUT2D eigenvalue weighted by Crippen LogP contribution is 2.34. The zero-order valence-corrected chi connectivity index (χ0v) is 15.4. The average molecular weight is 391 g/mol. The lowest BCUT2D eigenvalue weighted by atomic mass is 10.2. The van der Waals surface area contributed by atoms with Crippen LogP contribution in [0.2, 0.25) is 0 Å². The van der Waals surface area contributed by atoms with Crippen LogP contribution in [0.15, 0.2) is 47.4 Å². The van der Waals surface area contributed by atoms with Crippen molar-refractivity contribution in [2.45, 2.75) is 17.9 Å². The lowest BCUT2D eigenvalue weighted by Gasteiger charge is -2.14. The van der Waals surface area contributed by atoms with Gasteiger partial charge in [-0.1, -0.05) is 0 Å². The third-order valence-corrected chi connectivity index (χ3v) is 4.94. The second-order valence-corrected chi connectivity index (χ2v) is 7.92. The first-order chi connectivity index (χ1) is 12.7. The van der Waals surface area contributed by atoms with Gasteiger partial charge in [0.1, 0.15) is 0 Å². The SMILES string of the molecule is C[C@@H](OC(=O)c1ccc(S(C)(=O)=O)cc1)C(=O)Nc1ccc2c(c1)OCO2. The van der Waals surface area contributed by atoms with E-state index < -0.39 is 27.8 Å². The summed E-state index contributed by atoms with van der Waals surface area (Å²) in [6.45, 7) is 1.56. The van der Waals surface area contributed by atoms with Gasteiger partial charge in [-0.2, -0.15) is 0 Å². The van der Waals surface area contributed by atoms with Crippen LogP contribution in [-0.2, 0) is 19.4 Å². The van der Waals surface area contributed by atoms with Crippen molar-refractivity contribution in [1.29, 1.82) is 0 Å². The number of carbonyl (C=O) groups excluding carboxylic acids is 2. The fourth-order valence-corrected chi connectivity index (χ4v) is 2.97. The molecule has 0 saturated heterocycles. The summed E-state index contributed by atoms with van der Waals surface area (Å²) < 4.78 is 38.4. The molecule has 0 fully saturated rings. The Morgan fingerprint density at radius 3 is 2.41 bits per heavy atom. The predicted octanol–water partition coefficient (Wildman–Crippen LogP) is 2.00. The molecule has 1 N–H and O–H groups in total. The Kier molecular flexibility index (Phi) is 5.04. The summed E-state index contributed by atoms with van der Waals surface area (Å²) in [5, 5.41) is 2.63. The lowest BCUT2D eigenvalue weighted by Crippen LogP contribution is -2.30. The standard InChI is InChI=1S/C18H17NO7S/c1-11(17(20)19-13-5-8-15-16(9-13)25-10-24-15)26-18(21)12-3-6-14(7-4-12)27(2,22)23/h3-9,11H,10H2,1-2H3,(H,19,20)/t11-/m1/s1. The number of esters is 1. The molecule has 9 heteroatoms. The van der Waals surface area contributed by atoms with E-state index in [9.17, 15) is 18.0 Å². The van der Waals surface area contributed by atoms with Crippen molar-refractivity contribution >= 4 is 27.4 Å². The van der Waals surface area contributed by atoms with Crippen molar-refractivity contribution < 1.29 is 32.2 Å². The minimum absolute atomic E-state index is 0.0904. The molecular formula is C18H17NO7S. The first kappa shape index (κ1) is 18.7. The Bertz CT molecular complexity index is 983. The van der Waals surface area contributed by atoms with Gasteiger partial charge in [0.05, 0.1) is 10.5 Å². The monoisotopic (exact) mass is 391 g/mol. The molecular weight excluding hydrogens is 374 g/mol. The highest BCUT2D eigenvalue weighted by atomic mass is 32.2. The lowest BCUT2D eigenvalue weighted by molar-refractivity contribution is -0.123. The molecule has 0 radical (unpaired) electrons. The van der Waals surface area contributed by atoms with Crippen LogP contribution in [-0.4, -0.2) is 39.4 Å². The summed E-state index contributed by atoms with van der Waals surface area (Å²) in [5.41, 5.74) is 0.620. The van der Waals surface area contributed by atoms with Gasteiger partial charge in [-0.05, 0) is 43.3 Å². The molecule has 8 nitrogen and oxygen atoms in total. The molecule has 1 amide bonds. The molecule has 0 aromatic heterocycles. The van der Waals surface area contributed by atoms with E-state index in [-0.39, 0.29) is 17.3 Å². The first-order valence-electron chi connectivity index (χ1n) is 7.95. The van der Waals surface area contributed by atoms with Gasteiger partial charge in [0, 0.05) is 18.0 Å². The summed E-state index contributed by atoms with van der Waals surface area (Å²) in [6, 6.07) is 10.2. The number of ether oxygens (including phenoxy) is 3. The molecule has 0 aliphatic carbocycles. The molecule has 2 aromatic carbocycles. The molecule has 27 heavy (non-hydrogen) atoms. The van der Waals surface area contributed by atoms with Crippen molar-refractivity contribution in [2.24, 2.45) is 0 Å². The van der Waals surface area contributed by atoms with Crippen LogP contribution >= 0.6 is 0 Å². The summed E-state index contributed by atoms with van der Waals surface area (Å²) in [5.74, 6) is -0.146. The van der Waals surface area contributed by atoms with Crippen LogP contribution in [0.1, 0.15) is 17.3 Å². The third-order valence-electron chi connectivity index (χ3n) is 3.81. The Morgan fingerprint density at radius 2 is 1.74 bits per heavy atom. The van der Waals surface area contributed by atoms with Crippen LogP contribution < -0.4 is 14.8 Å². The Hall–Kier alpha value is -3.07. The van der Waals surface area contributed by atoms with Crippen molar-refractivity contribution in [3.8, 4) is 11.5 Å². The molecule has 1 aliphatic rings. The second kappa shape index (κ2) is 7.28. The van der Waals surface area contributed by atoms with E-state index >= 15 is 0 Å². The van der Waals surface area contributed by atoms with Crippen molar-refractivity contribution in [1.82, 2.24) is 0 Å². The highest BCUT2D eigenvalue weighted by molar-refractivity contribution is 7.90. The predicted molar refractivity (Wildman–Crippen MR) is 95.6 cm³/mol. The minimum Gasteiger partial charge on any atom is -0.454 e. The normalized spacial score (nSPS) is 13.7. The van der Waals surface area contributed by atoms with E-state index in [0.717, 1.165) is 6.26 Å². The van der Waals surface area contributed by atoms with Gasteiger partial charge in [-0.25, -0.2) is 13.2 Å². The fourth-order valence-electron chi connectivity index (χ4n) is 2.34. The smallest absolute Gasteiger partial charge is 0.338 e. The van der Waals surface area contributed by atoms with E-state index in [2.05, 4.69) is 5.32 Å². The summed E-state index contributed by atoms with van der Waals surface area (Å²) in [4.78, 5) is 24.5. The average Bonchev–Trinajstić information content (AvgIpc) is 3.08. The highest BCUT2D eigenvalue weighted by Gasteiger charge is 2.21. The Balaban J connectivity index is 1.61. The topological polar surface area (TPSA) is 108 Å². The molecule has 0 saturated carbocycles. The molecule has 0 bridgehead atoms. The van der Waals surface area contributed by atoms with Crippen LogP contribution in [0, 0.1) is 0 Å². The first-order valence-corrected chi connectivity index (χ1v) is 9.85. The molecule has 142 valence electrons. The molecule has 1 heterocycles. The quantitative estimate of drug-likeness (QED) is 0.777. The maximum absolute atomic E-state index is 12.2. The number of hydrogen-bond donors (Lipinski definition) is 1. The molecule has 2 aromatic rings. The third kappa shape index (κ3) is 4.37. The van der Waals surface area contributed by atoms with E-state index in [1.807, 2.05) is 0 Å².